The van der Waals surface area contributed by atoms with Gasteiger partial charge in [-0.3, -0.25) is 63.6 Å². The highest BCUT2D eigenvalue weighted by Gasteiger charge is 2.37. The largest absolute Gasteiger partial charge is 0.497 e. The van der Waals surface area contributed by atoms with Gasteiger partial charge in [-0.25, -0.2) is 4.79 Å². The van der Waals surface area contributed by atoms with Gasteiger partial charge in [-0.15, -0.1) is 0 Å². The minimum Gasteiger partial charge on any atom is -0.497 e. The van der Waals surface area contributed by atoms with Crippen molar-refractivity contribution in [3.8, 4) is 5.75 Å². The highest BCUT2D eigenvalue weighted by molar-refractivity contribution is 5.97. The van der Waals surface area contributed by atoms with Gasteiger partial charge in [0.1, 0.15) is 53.3 Å². The smallest absolute Gasteiger partial charge is 0.336 e. The molecular formula is C49H68N14O15. The number of rotatable bonds is 29. The maximum absolute atomic E-state index is 14.1. The summed E-state index contributed by atoms with van der Waals surface area (Å²) in [6, 6.07) is 0.961. The Balaban J connectivity index is 1.47. The van der Waals surface area contributed by atoms with Crippen molar-refractivity contribution in [3.05, 3.63) is 78.7 Å². The third kappa shape index (κ3) is 18.4. The van der Waals surface area contributed by atoms with Gasteiger partial charge in [0.15, 0.2) is 5.96 Å². The van der Waals surface area contributed by atoms with E-state index in [9.17, 15) is 63.4 Å². The highest BCUT2D eigenvalue weighted by Crippen LogP contribution is 2.29. The Labute approximate surface area is 447 Å². The summed E-state index contributed by atoms with van der Waals surface area (Å²) in [5, 5.41) is 41.5. The molecule has 424 valence electrons. The first-order chi connectivity index (χ1) is 36.8. The molecule has 0 saturated carbocycles. The number of non-ortho nitro benzene ring substituents is 1. The number of nitro groups is 2. The van der Waals surface area contributed by atoms with Gasteiger partial charge in [0.25, 0.3) is 11.4 Å². The van der Waals surface area contributed by atoms with Gasteiger partial charge in [0.05, 0.1) is 36.0 Å². The third-order valence-electron chi connectivity index (χ3n) is 12.3. The van der Waals surface area contributed by atoms with Crippen molar-refractivity contribution in [2.45, 2.75) is 116 Å². The Morgan fingerprint density at radius 1 is 0.795 bits per heavy atom. The van der Waals surface area contributed by atoms with E-state index in [1.54, 1.807) is 26.0 Å². The predicted octanol–water partition coefficient (Wildman–Crippen LogP) is -0.545. The van der Waals surface area contributed by atoms with Gasteiger partial charge in [0, 0.05) is 43.2 Å². The number of carbonyl (C=O) groups is 8. The predicted molar refractivity (Wildman–Crippen MR) is 282 cm³/mol. The molecule has 6 unspecified atom stereocenters. The number of benzene rings is 2. The van der Waals surface area contributed by atoms with Crippen molar-refractivity contribution < 1.29 is 57.4 Å². The molecule has 78 heavy (non-hydrogen) atoms. The monoisotopic (exact) mass is 1090 g/mol. The summed E-state index contributed by atoms with van der Waals surface area (Å²) < 4.78 is 10.5. The number of primary amides is 1. The first-order valence-corrected chi connectivity index (χ1v) is 25.0. The summed E-state index contributed by atoms with van der Waals surface area (Å²) in [6.45, 7) is 7.37. The van der Waals surface area contributed by atoms with Crippen LogP contribution in [0.1, 0.15) is 78.7 Å². The molecule has 8 amide bonds. The zero-order valence-electron chi connectivity index (χ0n) is 44.1. The van der Waals surface area contributed by atoms with Gasteiger partial charge in [-0.05, 0) is 81.0 Å². The van der Waals surface area contributed by atoms with Gasteiger partial charge < -0.3 is 68.5 Å². The number of hydrogen-bond acceptors (Lipinski definition) is 17. The van der Waals surface area contributed by atoms with Crippen LogP contribution >= 0.6 is 0 Å². The third-order valence-corrected chi connectivity index (χ3v) is 12.3. The second-order valence-electron chi connectivity index (χ2n) is 19.3. The molecule has 29 heteroatoms. The van der Waals surface area contributed by atoms with Crippen molar-refractivity contribution in [2.75, 3.05) is 38.6 Å². The van der Waals surface area contributed by atoms with Gasteiger partial charge in [0.2, 0.25) is 47.3 Å². The normalized spacial score (nSPS) is 14.9. The molecule has 0 bridgehead atoms. The van der Waals surface area contributed by atoms with E-state index < -0.39 is 123 Å². The van der Waals surface area contributed by atoms with E-state index in [-0.39, 0.29) is 80.7 Å². The van der Waals surface area contributed by atoms with Crippen molar-refractivity contribution in [3.63, 3.8) is 0 Å². The lowest BCUT2D eigenvalue weighted by atomic mass is 10.0. The minimum atomic E-state index is -1.67. The number of ether oxygens (including phenoxy) is 1. The number of nitrogens with one attached hydrogen (secondary N) is 7. The number of nitrogens with two attached hydrogens (primary N) is 3. The second-order valence-corrected chi connectivity index (χ2v) is 19.3. The summed E-state index contributed by atoms with van der Waals surface area (Å²) in [4.78, 5) is 147. The van der Waals surface area contributed by atoms with E-state index in [0.29, 0.717) is 29.2 Å². The van der Waals surface area contributed by atoms with Crippen LogP contribution in [0.3, 0.4) is 0 Å². The van der Waals surface area contributed by atoms with E-state index in [1.807, 2.05) is 13.8 Å². The summed E-state index contributed by atoms with van der Waals surface area (Å²) in [5.41, 5.74) is 14.4. The van der Waals surface area contributed by atoms with E-state index in [4.69, 9.17) is 26.4 Å². The number of fused-ring (bicyclic) bond motifs is 1. The minimum absolute atomic E-state index is 0.0236. The molecule has 0 aliphatic carbocycles. The number of nitro benzene ring substituents is 2. The molecule has 6 atom stereocenters. The fraction of sp³-hybridized carbons (Fsp3) is 0.510. The van der Waals surface area contributed by atoms with Gasteiger partial charge >= 0.3 is 5.63 Å². The molecule has 1 aliphatic heterocycles. The Morgan fingerprint density at radius 2 is 1.45 bits per heavy atom. The number of aliphatic imine (C=N–C) groups is 1. The van der Waals surface area contributed by atoms with Crippen molar-refractivity contribution in [1.82, 2.24) is 36.8 Å². The van der Waals surface area contributed by atoms with Gasteiger partial charge in [-0.2, -0.15) is 0 Å². The van der Waals surface area contributed by atoms with E-state index >= 15 is 0 Å². The zero-order chi connectivity index (χ0) is 58.0. The first-order valence-electron chi connectivity index (χ1n) is 25.0. The molecule has 3 aromatic rings. The van der Waals surface area contributed by atoms with Crippen LogP contribution in [-0.4, -0.2) is 138 Å². The number of anilines is 1. The molecule has 4 rings (SSSR count). The summed E-state index contributed by atoms with van der Waals surface area (Å²) in [7, 11) is 1.45. The van der Waals surface area contributed by atoms with E-state index in [0.717, 1.165) is 12.1 Å². The second kappa shape index (κ2) is 28.8. The van der Waals surface area contributed by atoms with Crippen LogP contribution in [0.2, 0.25) is 0 Å². The Morgan fingerprint density at radius 3 is 2.06 bits per heavy atom. The van der Waals surface area contributed by atoms with Crippen molar-refractivity contribution in [2.24, 2.45) is 34.0 Å². The van der Waals surface area contributed by atoms with Crippen LogP contribution in [0.5, 0.6) is 5.75 Å². The fourth-order valence-electron chi connectivity index (χ4n) is 8.39. The molecule has 2 heterocycles. The molecule has 0 spiro atoms. The first kappa shape index (κ1) is 61.6. The number of methoxy groups -OCH3 is 1. The molecule has 1 aliphatic rings. The zero-order valence-corrected chi connectivity index (χ0v) is 44.1. The maximum Gasteiger partial charge on any atom is 0.336 e. The number of likely N-dealkylation sites (tertiary alicyclic amines) is 1. The van der Waals surface area contributed by atoms with Crippen LogP contribution in [0.25, 0.3) is 11.0 Å². The van der Waals surface area contributed by atoms with Crippen LogP contribution in [0, 0.1) is 32.1 Å². The average Bonchev–Trinajstić information content (AvgIpc) is 3.92. The Hall–Kier alpha value is -8.92. The summed E-state index contributed by atoms with van der Waals surface area (Å²) >= 11 is 0. The lowest BCUT2D eigenvalue weighted by Gasteiger charge is -2.27. The molecular weight excluding hydrogens is 1020 g/mol. The number of amides is 8. The molecule has 13 N–H and O–H groups in total. The molecule has 2 aromatic carbocycles. The van der Waals surface area contributed by atoms with E-state index in [1.165, 1.54) is 31.1 Å². The molecule has 0 radical (unpaired) electrons. The number of nitrogens with zero attached hydrogens (tertiary/aromatic N) is 4. The van der Waals surface area contributed by atoms with Gasteiger partial charge in [-0.1, -0.05) is 27.7 Å². The highest BCUT2D eigenvalue weighted by atomic mass is 16.6. The number of hydrogen-bond donors (Lipinski definition) is 10. The SMILES string of the molecule is COc1ccc2c(CC(=O)N3CCCC3C(=O)NC(CC(C)C)C(=O)NCC(=O)NC(CC(C)C)C(=O)NC(CNc3ccc([N+](=O)[O-])cc3[N+](=O)[O-])C(=O)NC(C)C(=O)NC(CCCN=C(N)N)C(N)=O)cc(=O)oc2c1. The lowest BCUT2D eigenvalue weighted by molar-refractivity contribution is -0.393. The van der Waals surface area contributed by atoms with Crippen LogP contribution in [0.4, 0.5) is 17.1 Å². The molecule has 1 saturated heterocycles. The topological polar surface area (TPSA) is 440 Å². The molecule has 1 aromatic heterocycles. The Kier molecular flexibility index (Phi) is 22.8. The maximum atomic E-state index is 14.1. The number of carbonyl (C=O) groups excluding carboxylic acids is 8. The Bertz CT molecular complexity index is 2820. The molecule has 29 nitrogen and oxygen atoms in total. The fourth-order valence-corrected chi connectivity index (χ4v) is 8.39. The van der Waals surface area contributed by atoms with Crippen molar-refractivity contribution >= 4 is 81.2 Å². The number of guanidine groups is 1. The average molecular weight is 1090 g/mol. The standard InChI is InChI=1S/C49H68N14O15/c1-25(2)17-34(59-48(72)37-10-8-16-61(37)41(65)19-28-20-42(66)78-39-22-30(77-6)12-13-31(28)39)45(69)55-24-40(64)57-35(18-26(3)4)46(70)60-36(23-54-32-14-11-29(62(73)74)21-38(32)63(75)76)47(71)56-27(5)44(68)58-33(43(50)67)9-7-15-53-49(51)52/h11-14,20-22,25-27,33-37,54H,7-10,15-19,23-24H2,1-6H3,(H2,50,67)(H,55,69)(H,56,71)(H,57,64)(H,58,68)(H,59,72)(H,60,70)(H4,51,52,53). The quantitative estimate of drug-likeness (QED) is 0.0104. The lowest BCUT2D eigenvalue weighted by Crippen LogP contribution is -2.59. The van der Waals surface area contributed by atoms with Crippen LogP contribution < -0.4 is 64.8 Å². The summed E-state index contributed by atoms with van der Waals surface area (Å²) in [5.74, 6) is -6.57. The van der Waals surface area contributed by atoms with Crippen LogP contribution in [0.15, 0.2) is 56.7 Å². The van der Waals surface area contributed by atoms with E-state index in [2.05, 4.69) is 42.2 Å². The summed E-state index contributed by atoms with van der Waals surface area (Å²) in [6.07, 6.45) is 0.905. The van der Waals surface area contributed by atoms with Crippen LogP contribution in [-0.2, 0) is 44.8 Å². The molecule has 1 fully saturated rings. The van der Waals surface area contributed by atoms with Crippen molar-refractivity contribution in [1.29, 1.82) is 0 Å².